The predicted molar refractivity (Wildman–Crippen MR) is 130 cm³/mol. The Kier molecular flexibility index (Phi) is 17.1. The van der Waals surface area contributed by atoms with Crippen molar-refractivity contribution in [3.05, 3.63) is 0 Å². The first-order valence-corrected chi connectivity index (χ1v) is 13.0. The minimum absolute atomic E-state index is 0.453. The number of esters is 1. The van der Waals surface area contributed by atoms with Gasteiger partial charge in [-0.3, -0.25) is 14.4 Å². The van der Waals surface area contributed by atoms with Crippen LogP contribution >= 0.6 is 0 Å². The zero-order valence-corrected chi connectivity index (χ0v) is 21.4. The molecule has 8 nitrogen and oxygen atoms in total. The molecule has 198 valence electrons. The van der Waals surface area contributed by atoms with Crippen molar-refractivity contribution in [1.82, 2.24) is 0 Å². The van der Waals surface area contributed by atoms with Crippen molar-refractivity contribution in [3.8, 4) is 0 Å². The van der Waals surface area contributed by atoms with Gasteiger partial charge in [-0.15, -0.1) is 0 Å². The lowest BCUT2D eigenvalue weighted by molar-refractivity contribution is -0.197. The summed E-state index contributed by atoms with van der Waals surface area (Å²) in [6.45, 7) is 5.24. The van der Waals surface area contributed by atoms with E-state index in [0.29, 0.717) is 12.8 Å². The van der Waals surface area contributed by atoms with Crippen LogP contribution in [0.2, 0.25) is 0 Å². The van der Waals surface area contributed by atoms with Gasteiger partial charge in [0, 0.05) is 6.92 Å². The van der Waals surface area contributed by atoms with E-state index in [1.165, 1.54) is 6.42 Å². The van der Waals surface area contributed by atoms with E-state index in [4.69, 9.17) is 4.74 Å². The largest absolute Gasteiger partial charge is 0.481 e. The van der Waals surface area contributed by atoms with Crippen LogP contribution in [-0.4, -0.2) is 44.8 Å². The first kappa shape index (κ1) is 31.9. The van der Waals surface area contributed by atoms with Crippen molar-refractivity contribution in [3.63, 3.8) is 0 Å². The maximum atomic E-state index is 12.4. The first-order chi connectivity index (χ1) is 16.1. The molecule has 0 fully saturated rings. The van der Waals surface area contributed by atoms with Crippen LogP contribution in [0.3, 0.4) is 0 Å². The zero-order valence-electron chi connectivity index (χ0n) is 21.4. The molecule has 0 aliphatic heterocycles. The van der Waals surface area contributed by atoms with E-state index in [1.54, 1.807) is 0 Å². The number of hydrogen-bond donors (Lipinski definition) is 3. The maximum absolute atomic E-state index is 12.4. The fourth-order valence-corrected chi connectivity index (χ4v) is 4.75. The highest BCUT2D eigenvalue weighted by Gasteiger charge is 2.57. The molecule has 3 unspecified atom stereocenters. The highest BCUT2D eigenvalue weighted by atomic mass is 16.6. The Morgan fingerprint density at radius 3 is 1.44 bits per heavy atom. The Balaban J connectivity index is 5.67. The molecule has 0 spiro atoms. The third-order valence-corrected chi connectivity index (χ3v) is 6.45. The molecule has 3 atom stereocenters. The van der Waals surface area contributed by atoms with Crippen LogP contribution < -0.4 is 0 Å². The lowest BCUT2D eigenvalue weighted by Crippen LogP contribution is -2.56. The Morgan fingerprint density at radius 1 is 0.706 bits per heavy atom. The van der Waals surface area contributed by atoms with Gasteiger partial charge in [0.15, 0.2) is 0 Å². The van der Waals surface area contributed by atoms with Crippen LogP contribution in [-0.2, 0) is 23.9 Å². The molecule has 0 aromatic rings. The minimum atomic E-state index is -2.64. The molecule has 0 heterocycles. The quantitative estimate of drug-likeness (QED) is 0.124. The molecule has 0 aromatic heterocycles. The highest BCUT2D eigenvalue weighted by Crippen LogP contribution is 2.38. The second-order valence-corrected chi connectivity index (χ2v) is 9.40. The molecular formula is C26H46O8. The summed E-state index contributed by atoms with van der Waals surface area (Å²) in [6.07, 6.45) is 13.0. The molecule has 34 heavy (non-hydrogen) atoms. The summed E-state index contributed by atoms with van der Waals surface area (Å²) in [5.74, 6) is -7.95. The van der Waals surface area contributed by atoms with Gasteiger partial charge in [0.25, 0.3) is 0 Å². The van der Waals surface area contributed by atoms with E-state index in [2.05, 4.69) is 13.8 Å². The van der Waals surface area contributed by atoms with Gasteiger partial charge in [-0.25, -0.2) is 4.79 Å². The third kappa shape index (κ3) is 12.4. The zero-order chi connectivity index (χ0) is 26.0. The fraction of sp³-hybridized carbons (Fsp3) is 0.846. The number of aliphatic carboxylic acids is 3. The van der Waals surface area contributed by atoms with Crippen LogP contribution in [0, 0.1) is 11.8 Å². The summed E-state index contributed by atoms with van der Waals surface area (Å²) in [5, 5.41) is 29.4. The van der Waals surface area contributed by atoms with E-state index in [9.17, 15) is 34.5 Å². The minimum Gasteiger partial charge on any atom is -0.481 e. The Bertz CT molecular complexity index is 600. The molecule has 3 N–H and O–H groups in total. The molecule has 0 saturated heterocycles. The summed E-state index contributed by atoms with van der Waals surface area (Å²) in [7, 11) is 0. The monoisotopic (exact) mass is 486 g/mol. The number of rotatable bonds is 22. The second-order valence-electron chi connectivity index (χ2n) is 9.40. The van der Waals surface area contributed by atoms with Gasteiger partial charge in [0.05, 0.1) is 6.42 Å². The van der Waals surface area contributed by atoms with E-state index < -0.39 is 47.7 Å². The van der Waals surface area contributed by atoms with Gasteiger partial charge >= 0.3 is 23.9 Å². The van der Waals surface area contributed by atoms with Crippen LogP contribution in [0.25, 0.3) is 0 Å². The summed E-state index contributed by atoms with van der Waals surface area (Å²) < 4.78 is 5.05. The molecule has 0 aliphatic rings. The van der Waals surface area contributed by atoms with Gasteiger partial charge in [-0.1, -0.05) is 97.3 Å². The van der Waals surface area contributed by atoms with Crippen molar-refractivity contribution in [2.75, 3.05) is 0 Å². The topological polar surface area (TPSA) is 138 Å². The lowest BCUT2D eigenvalue weighted by atomic mass is 9.72. The van der Waals surface area contributed by atoms with Crippen molar-refractivity contribution >= 4 is 23.9 Å². The molecule has 0 aliphatic carbocycles. The summed E-state index contributed by atoms with van der Waals surface area (Å²) in [6, 6.07) is 0. The highest BCUT2D eigenvalue weighted by molar-refractivity contribution is 5.92. The number of ether oxygens (including phenoxy) is 1. The maximum Gasteiger partial charge on any atom is 0.349 e. The Morgan fingerprint density at radius 2 is 1.12 bits per heavy atom. The van der Waals surface area contributed by atoms with Gasteiger partial charge in [-0.2, -0.15) is 0 Å². The lowest BCUT2D eigenvalue weighted by Gasteiger charge is -2.37. The number of carbonyl (C=O) groups excluding carboxylic acids is 1. The van der Waals surface area contributed by atoms with Gasteiger partial charge in [0.2, 0.25) is 5.60 Å². The average molecular weight is 487 g/mol. The number of hydrogen-bond acceptors (Lipinski definition) is 5. The molecule has 0 saturated carbocycles. The van der Waals surface area contributed by atoms with E-state index in [0.717, 1.165) is 84.0 Å². The standard InChI is InChI=1S/C26H46O8/c1-4-6-8-10-12-14-16-18-21(17-15-13-11-9-7-5-2)23(24(30)31)26(25(32)33,19-22(28)29)34-20(3)27/h21,23H,4-19H2,1-3H3,(H,28,29)(H,30,31)(H,32,33). The van der Waals surface area contributed by atoms with Crippen molar-refractivity contribution in [2.24, 2.45) is 11.8 Å². The number of unbranched alkanes of at least 4 members (excludes halogenated alkanes) is 11. The van der Waals surface area contributed by atoms with Crippen molar-refractivity contribution in [2.45, 2.75) is 129 Å². The van der Waals surface area contributed by atoms with Crippen LogP contribution in [0.5, 0.6) is 0 Å². The Hall–Kier alpha value is -2.12. The third-order valence-electron chi connectivity index (χ3n) is 6.45. The summed E-state index contributed by atoms with van der Waals surface area (Å²) in [5.41, 5.74) is -2.64. The smallest absolute Gasteiger partial charge is 0.349 e. The molecule has 0 bridgehead atoms. The van der Waals surface area contributed by atoms with E-state index in [-0.39, 0.29) is 0 Å². The SMILES string of the molecule is CCCCCCCCCC(CCCCCCCC)C(C(=O)O)C(CC(=O)O)(OC(C)=O)C(=O)O. The second kappa shape index (κ2) is 18.2. The molecule has 8 heteroatoms. The molecule has 0 aromatic carbocycles. The number of carbonyl (C=O) groups is 4. The summed E-state index contributed by atoms with van der Waals surface area (Å²) in [4.78, 5) is 48.0. The first-order valence-electron chi connectivity index (χ1n) is 13.0. The normalized spacial score (nSPS) is 14.7. The van der Waals surface area contributed by atoms with Gasteiger partial charge in [0.1, 0.15) is 5.92 Å². The molecule has 0 amide bonds. The molecular weight excluding hydrogens is 440 g/mol. The fourth-order valence-electron chi connectivity index (χ4n) is 4.75. The number of carboxylic acid groups (broad SMARTS) is 3. The van der Waals surface area contributed by atoms with Crippen LogP contribution in [0.1, 0.15) is 124 Å². The number of carboxylic acids is 3. The van der Waals surface area contributed by atoms with Crippen molar-refractivity contribution in [1.29, 1.82) is 0 Å². The molecule has 0 radical (unpaired) electrons. The average Bonchev–Trinajstić information content (AvgIpc) is 2.73. The van der Waals surface area contributed by atoms with Crippen LogP contribution in [0.15, 0.2) is 0 Å². The predicted octanol–water partition coefficient (Wildman–Crippen LogP) is 6.06. The van der Waals surface area contributed by atoms with Gasteiger partial charge in [-0.05, 0) is 18.8 Å². The van der Waals surface area contributed by atoms with Crippen LogP contribution in [0.4, 0.5) is 0 Å². The Labute approximate surface area is 204 Å². The molecule has 0 rings (SSSR count). The van der Waals surface area contributed by atoms with E-state index in [1.807, 2.05) is 0 Å². The van der Waals surface area contributed by atoms with Crippen molar-refractivity contribution < 1.29 is 39.2 Å². The van der Waals surface area contributed by atoms with Gasteiger partial charge < -0.3 is 20.1 Å². The summed E-state index contributed by atoms with van der Waals surface area (Å²) >= 11 is 0. The van der Waals surface area contributed by atoms with E-state index >= 15 is 0 Å².